The summed E-state index contributed by atoms with van der Waals surface area (Å²) in [5.41, 5.74) is 4.75. The minimum Gasteiger partial charge on any atom is -0.479 e. The summed E-state index contributed by atoms with van der Waals surface area (Å²) in [5.74, 6) is -0.300. The third-order valence-corrected chi connectivity index (χ3v) is 5.02. The zero-order valence-corrected chi connectivity index (χ0v) is 14.2. The largest absolute Gasteiger partial charge is 0.479 e. The maximum Gasteiger partial charge on any atom is 0.336 e. The third kappa shape index (κ3) is 2.56. The summed E-state index contributed by atoms with van der Waals surface area (Å²) in [4.78, 5) is 15.9. The molecule has 4 rings (SSSR count). The van der Waals surface area contributed by atoms with Crippen molar-refractivity contribution in [3.8, 4) is 5.88 Å². The second-order valence-corrected chi connectivity index (χ2v) is 6.40. The second-order valence-electron chi connectivity index (χ2n) is 6.40. The first kappa shape index (κ1) is 15.7. The normalized spacial score (nSPS) is 13.6. The lowest BCUT2D eigenvalue weighted by Gasteiger charge is -2.17. The number of aromatic nitrogens is 2. The summed E-state index contributed by atoms with van der Waals surface area (Å²) in [6, 6.07) is 9.23. The Hall–Kier alpha value is -2.82. The predicted molar refractivity (Wildman–Crippen MR) is 95.4 cm³/mol. The van der Waals surface area contributed by atoms with Crippen LogP contribution in [0.2, 0.25) is 0 Å². The van der Waals surface area contributed by atoms with E-state index >= 15 is 0 Å². The SMILES string of the molecule is COc1nccc2c3c(n(Cc4ccccc4C(=O)O)c12)CCCC3. The van der Waals surface area contributed by atoms with Crippen molar-refractivity contribution in [2.24, 2.45) is 0 Å². The number of ether oxygens (including phenoxy) is 1. The van der Waals surface area contributed by atoms with Crippen molar-refractivity contribution in [2.45, 2.75) is 32.2 Å². The minimum atomic E-state index is -0.897. The Balaban J connectivity index is 1.94. The van der Waals surface area contributed by atoms with Crippen LogP contribution in [0.5, 0.6) is 5.88 Å². The van der Waals surface area contributed by atoms with E-state index < -0.39 is 5.97 Å². The maximum atomic E-state index is 11.6. The Kier molecular flexibility index (Phi) is 3.92. The van der Waals surface area contributed by atoms with Gasteiger partial charge in [-0.2, -0.15) is 0 Å². The summed E-state index contributed by atoms with van der Waals surface area (Å²) in [7, 11) is 1.63. The Bertz CT molecular complexity index is 959. The fraction of sp³-hybridized carbons (Fsp3) is 0.300. The summed E-state index contributed by atoms with van der Waals surface area (Å²) < 4.78 is 7.72. The standard InChI is InChI=1S/C20H20N2O3/c1-25-19-18-16(10-11-21-19)15-8-4-5-9-17(15)22(18)12-13-6-2-3-7-14(13)20(23)24/h2-3,6-7,10-11H,4-5,8-9,12H2,1H3,(H,23,24). The van der Waals surface area contributed by atoms with E-state index in [1.165, 1.54) is 23.1 Å². The first-order chi connectivity index (χ1) is 12.2. The van der Waals surface area contributed by atoms with Crippen molar-refractivity contribution in [1.82, 2.24) is 9.55 Å². The van der Waals surface area contributed by atoms with E-state index in [1.54, 1.807) is 25.4 Å². The average molecular weight is 336 g/mol. The number of nitrogens with zero attached hydrogens (tertiary/aromatic N) is 2. The van der Waals surface area contributed by atoms with Crippen LogP contribution in [0.1, 0.15) is 40.0 Å². The van der Waals surface area contributed by atoms with Crippen LogP contribution in [0.4, 0.5) is 0 Å². The molecule has 0 radical (unpaired) electrons. The van der Waals surface area contributed by atoms with Gasteiger partial charge in [0, 0.05) is 23.8 Å². The number of methoxy groups -OCH3 is 1. The van der Waals surface area contributed by atoms with Crippen LogP contribution in [0.3, 0.4) is 0 Å². The van der Waals surface area contributed by atoms with Gasteiger partial charge in [0.15, 0.2) is 0 Å². The molecule has 1 aliphatic rings. The highest BCUT2D eigenvalue weighted by Gasteiger charge is 2.23. The number of aryl methyl sites for hydroxylation is 1. The van der Waals surface area contributed by atoms with Crippen LogP contribution in [-0.2, 0) is 19.4 Å². The number of pyridine rings is 1. The molecule has 1 aromatic carbocycles. The second kappa shape index (κ2) is 6.24. The van der Waals surface area contributed by atoms with Crippen LogP contribution >= 0.6 is 0 Å². The first-order valence-corrected chi connectivity index (χ1v) is 8.55. The van der Waals surface area contributed by atoms with E-state index in [2.05, 4.69) is 9.55 Å². The maximum absolute atomic E-state index is 11.6. The van der Waals surface area contributed by atoms with Gasteiger partial charge in [-0.3, -0.25) is 0 Å². The Morgan fingerprint density at radius 3 is 2.84 bits per heavy atom. The minimum absolute atomic E-state index is 0.344. The van der Waals surface area contributed by atoms with E-state index in [0.29, 0.717) is 18.0 Å². The van der Waals surface area contributed by atoms with Gasteiger partial charge in [0.25, 0.3) is 0 Å². The molecule has 1 N–H and O–H groups in total. The van der Waals surface area contributed by atoms with E-state index in [1.807, 2.05) is 18.2 Å². The Labute approximate surface area is 145 Å². The van der Waals surface area contributed by atoms with Gasteiger partial charge in [0.2, 0.25) is 5.88 Å². The molecule has 5 heteroatoms. The number of aromatic carboxylic acids is 1. The van der Waals surface area contributed by atoms with Crippen molar-refractivity contribution in [3.05, 3.63) is 58.9 Å². The first-order valence-electron chi connectivity index (χ1n) is 8.55. The number of rotatable bonds is 4. The van der Waals surface area contributed by atoms with Crippen LogP contribution in [-0.4, -0.2) is 27.7 Å². The molecule has 0 unspecified atom stereocenters. The van der Waals surface area contributed by atoms with E-state index in [0.717, 1.165) is 30.3 Å². The molecule has 2 aromatic heterocycles. The van der Waals surface area contributed by atoms with Gasteiger partial charge in [-0.15, -0.1) is 0 Å². The molecule has 0 spiro atoms. The lowest BCUT2D eigenvalue weighted by molar-refractivity contribution is 0.0695. The predicted octanol–water partition coefficient (Wildman–Crippen LogP) is 3.67. The molecular weight excluding hydrogens is 316 g/mol. The molecule has 25 heavy (non-hydrogen) atoms. The molecule has 3 aromatic rings. The lowest BCUT2D eigenvalue weighted by atomic mass is 9.96. The van der Waals surface area contributed by atoms with Gasteiger partial charge in [-0.25, -0.2) is 9.78 Å². The Morgan fingerprint density at radius 2 is 2.04 bits per heavy atom. The molecule has 1 aliphatic carbocycles. The van der Waals surface area contributed by atoms with Crippen molar-refractivity contribution in [2.75, 3.05) is 7.11 Å². The zero-order chi connectivity index (χ0) is 17.4. The third-order valence-electron chi connectivity index (χ3n) is 5.02. The highest BCUT2D eigenvalue weighted by Crippen LogP contribution is 2.36. The lowest BCUT2D eigenvalue weighted by Crippen LogP contribution is -2.12. The van der Waals surface area contributed by atoms with Crippen LogP contribution in [0, 0.1) is 0 Å². The number of hydrogen-bond acceptors (Lipinski definition) is 3. The number of carbonyl (C=O) groups is 1. The van der Waals surface area contributed by atoms with Crippen molar-refractivity contribution >= 4 is 16.9 Å². The summed E-state index contributed by atoms with van der Waals surface area (Å²) in [6.45, 7) is 0.510. The highest BCUT2D eigenvalue weighted by atomic mass is 16.5. The number of benzene rings is 1. The quantitative estimate of drug-likeness (QED) is 0.789. The molecule has 0 bridgehead atoms. The van der Waals surface area contributed by atoms with Crippen LogP contribution < -0.4 is 4.74 Å². The number of carboxylic acids is 1. The van der Waals surface area contributed by atoms with E-state index in [-0.39, 0.29) is 0 Å². The highest BCUT2D eigenvalue weighted by molar-refractivity contribution is 5.91. The summed E-state index contributed by atoms with van der Waals surface area (Å²) >= 11 is 0. The molecule has 0 saturated carbocycles. The van der Waals surface area contributed by atoms with Crippen LogP contribution in [0.15, 0.2) is 36.5 Å². The Morgan fingerprint density at radius 1 is 1.24 bits per heavy atom. The van der Waals surface area contributed by atoms with Gasteiger partial charge in [-0.05, 0) is 48.9 Å². The van der Waals surface area contributed by atoms with Crippen molar-refractivity contribution < 1.29 is 14.6 Å². The van der Waals surface area contributed by atoms with Crippen molar-refractivity contribution in [1.29, 1.82) is 0 Å². The average Bonchev–Trinajstić information content (AvgIpc) is 2.96. The monoisotopic (exact) mass is 336 g/mol. The fourth-order valence-electron chi connectivity index (χ4n) is 3.91. The number of hydrogen-bond donors (Lipinski definition) is 1. The number of fused-ring (bicyclic) bond motifs is 3. The molecule has 0 aliphatic heterocycles. The summed E-state index contributed by atoms with van der Waals surface area (Å²) in [5, 5.41) is 10.7. The van der Waals surface area contributed by atoms with Crippen LogP contribution in [0.25, 0.3) is 10.9 Å². The molecule has 0 atom stereocenters. The molecule has 5 nitrogen and oxygen atoms in total. The number of carboxylic acid groups (broad SMARTS) is 1. The molecule has 0 fully saturated rings. The molecule has 2 heterocycles. The topological polar surface area (TPSA) is 64.4 Å². The molecule has 128 valence electrons. The van der Waals surface area contributed by atoms with E-state index in [9.17, 15) is 9.90 Å². The summed E-state index contributed by atoms with van der Waals surface area (Å²) in [6.07, 6.45) is 6.17. The van der Waals surface area contributed by atoms with Crippen molar-refractivity contribution in [3.63, 3.8) is 0 Å². The van der Waals surface area contributed by atoms with Gasteiger partial charge < -0.3 is 14.4 Å². The van der Waals surface area contributed by atoms with Gasteiger partial charge in [0.1, 0.15) is 5.52 Å². The zero-order valence-electron chi connectivity index (χ0n) is 14.2. The van der Waals surface area contributed by atoms with Gasteiger partial charge in [0.05, 0.1) is 12.7 Å². The van der Waals surface area contributed by atoms with Gasteiger partial charge >= 0.3 is 5.97 Å². The fourth-order valence-corrected chi connectivity index (χ4v) is 3.91. The smallest absolute Gasteiger partial charge is 0.336 e. The van der Waals surface area contributed by atoms with Gasteiger partial charge in [-0.1, -0.05) is 18.2 Å². The molecule has 0 amide bonds. The van der Waals surface area contributed by atoms with E-state index in [4.69, 9.17) is 4.74 Å². The molecule has 0 saturated heterocycles. The molecular formula is C20H20N2O3.